The van der Waals surface area contributed by atoms with E-state index in [1.54, 1.807) is 7.11 Å². The maximum atomic E-state index is 6.26. The van der Waals surface area contributed by atoms with Crippen LogP contribution in [0, 0.1) is 0 Å². The van der Waals surface area contributed by atoms with Crippen molar-refractivity contribution >= 4 is 10.9 Å². The van der Waals surface area contributed by atoms with Crippen molar-refractivity contribution in [2.75, 3.05) is 7.11 Å². The van der Waals surface area contributed by atoms with Gasteiger partial charge in [-0.1, -0.05) is 6.07 Å². The number of fused-ring (bicyclic) bond motifs is 1. The van der Waals surface area contributed by atoms with Crippen molar-refractivity contribution in [2.45, 2.75) is 18.4 Å². The van der Waals surface area contributed by atoms with Crippen molar-refractivity contribution in [3.05, 3.63) is 30.0 Å². The summed E-state index contributed by atoms with van der Waals surface area (Å²) >= 11 is 0. The molecule has 1 aliphatic carbocycles. The number of nitrogens with zero attached hydrogens (tertiary/aromatic N) is 1. The summed E-state index contributed by atoms with van der Waals surface area (Å²) in [5, 5.41) is 1.15. The zero-order valence-corrected chi connectivity index (χ0v) is 9.66. The van der Waals surface area contributed by atoms with E-state index < -0.39 is 0 Å². The lowest BCUT2D eigenvalue weighted by molar-refractivity contribution is 0.409. The molecule has 1 aromatic carbocycles. The summed E-state index contributed by atoms with van der Waals surface area (Å²) in [6, 6.07) is 6.32. The van der Waals surface area contributed by atoms with E-state index in [4.69, 9.17) is 10.5 Å². The van der Waals surface area contributed by atoms with Crippen molar-refractivity contribution in [1.29, 1.82) is 0 Å². The van der Waals surface area contributed by atoms with Gasteiger partial charge in [0.2, 0.25) is 0 Å². The number of hydrogen-bond donors (Lipinski definition) is 1. The van der Waals surface area contributed by atoms with Gasteiger partial charge in [-0.2, -0.15) is 0 Å². The third-order valence-electron chi connectivity index (χ3n) is 3.55. The van der Waals surface area contributed by atoms with Crippen LogP contribution in [0.3, 0.4) is 0 Å². The lowest BCUT2D eigenvalue weighted by Crippen LogP contribution is -2.19. The molecule has 0 bridgehead atoms. The molecule has 2 aromatic rings. The van der Waals surface area contributed by atoms with Crippen LogP contribution in [0.5, 0.6) is 5.75 Å². The molecular weight excluding hydrogens is 200 g/mol. The number of hydrogen-bond acceptors (Lipinski definition) is 2. The summed E-state index contributed by atoms with van der Waals surface area (Å²) < 4.78 is 7.64. The highest BCUT2D eigenvalue weighted by Crippen LogP contribution is 2.48. The van der Waals surface area contributed by atoms with E-state index in [1.807, 2.05) is 13.2 Å². The molecule has 1 fully saturated rings. The van der Waals surface area contributed by atoms with E-state index >= 15 is 0 Å². The Morgan fingerprint density at radius 3 is 2.69 bits per heavy atom. The first-order valence-corrected chi connectivity index (χ1v) is 5.57. The Bertz CT molecular complexity index is 552. The van der Waals surface area contributed by atoms with Gasteiger partial charge in [-0.25, -0.2) is 0 Å². The summed E-state index contributed by atoms with van der Waals surface area (Å²) in [5.41, 5.74) is 8.44. The Kier molecular flexibility index (Phi) is 1.83. The fourth-order valence-corrected chi connectivity index (χ4v) is 2.34. The fourth-order valence-electron chi connectivity index (χ4n) is 2.34. The van der Waals surface area contributed by atoms with Crippen molar-refractivity contribution in [1.82, 2.24) is 4.57 Å². The summed E-state index contributed by atoms with van der Waals surface area (Å²) in [7, 11) is 3.76. The molecule has 1 saturated carbocycles. The lowest BCUT2D eigenvalue weighted by atomic mass is 10.0. The number of ether oxygens (including phenoxy) is 1. The lowest BCUT2D eigenvalue weighted by Gasteiger charge is -2.15. The van der Waals surface area contributed by atoms with Gasteiger partial charge in [0.15, 0.2) is 0 Å². The van der Waals surface area contributed by atoms with Crippen LogP contribution in [-0.2, 0) is 12.6 Å². The second-order valence-electron chi connectivity index (χ2n) is 4.66. The Morgan fingerprint density at radius 1 is 1.31 bits per heavy atom. The van der Waals surface area contributed by atoms with Crippen molar-refractivity contribution in [3.63, 3.8) is 0 Å². The summed E-state index contributed by atoms with van der Waals surface area (Å²) in [6.45, 7) is 0. The Balaban J connectivity index is 2.30. The number of rotatable bonds is 2. The summed E-state index contributed by atoms with van der Waals surface area (Å²) in [4.78, 5) is 0. The molecule has 0 saturated heterocycles. The van der Waals surface area contributed by atoms with Crippen LogP contribution >= 0.6 is 0 Å². The normalized spacial score (nSPS) is 17.7. The maximum Gasteiger partial charge on any atom is 0.133 e. The molecule has 1 aromatic heterocycles. The van der Waals surface area contributed by atoms with Crippen LogP contribution in [0.2, 0.25) is 0 Å². The number of benzene rings is 1. The number of aromatic nitrogens is 1. The predicted molar refractivity (Wildman–Crippen MR) is 64.6 cm³/mol. The average molecular weight is 216 g/mol. The number of aryl methyl sites for hydroxylation is 1. The van der Waals surface area contributed by atoms with Gasteiger partial charge in [-0.3, -0.25) is 0 Å². The van der Waals surface area contributed by atoms with E-state index in [0.717, 1.165) is 29.5 Å². The van der Waals surface area contributed by atoms with Gasteiger partial charge in [0.05, 0.1) is 12.6 Å². The van der Waals surface area contributed by atoms with E-state index in [0.29, 0.717) is 0 Å². The van der Waals surface area contributed by atoms with Gasteiger partial charge >= 0.3 is 0 Å². The highest BCUT2D eigenvalue weighted by Gasteiger charge is 2.42. The molecule has 1 heterocycles. The molecule has 16 heavy (non-hydrogen) atoms. The molecule has 0 amide bonds. The molecule has 1 aliphatic rings. The molecule has 2 N–H and O–H groups in total. The minimum absolute atomic E-state index is 0.143. The highest BCUT2D eigenvalue weighted by molar-refractivity contribution is 5.88. The third kappa shape index (κ3) is 1.18. The van der Waals surface area contributed by atoms with Crippen LogP contribution < -0.4 is 10.5 Å². The van der Waals surface area contributed by atoms with E-state index in [-0.39, 0.29) is 5.54 Å². The van der Waals surface area contributed by atoms with E-state index in [9.17, 15) is 0 Å². The minimum Gasteiger partial charge on any atom is -0.496 e. The van der Waals surface area contributed by atoms with Gasteiger partial charge in [-0.05, 0) is 25.0 Å². The van der Waals surface area contributed by atoms with Crippen molar-refractivity contribution < 1.29 is 4.74 Å². The zero-order valence-electron chi connectivity index (χ0n) is 9.66. The smallest absolute Gasteiger partial charge is 0.133 e. The predicted octanol–water partition coefficient (Wildman–Crippen LogP) is 2.13. The molecule has 0 aliphatic heterocycles. The standard InChI is InChI=1S/C13H16N2O/c1-15-8-5-9-11(15)4-3-10(12(9)16-2)13(14)6-7-13/h3-5,8H,6-7,14H2,1-2H3. The van der Waals surface area contributed by atoms with Gasteiger partial charge in [-0.15, -0.1) is 0 Å². The van der Waals surface area contributed by atoms with Gasteiger partial charge in [0, 0.05) is 29.7 Å². The zero-order chi connectivity index (χ0) is 11.3. The van der Waals surface area contributed by atoms with Gasteiger partial charge < -0.3 is 15.0 Å². The highest BCUT2D eigenvalue weighted by atomic mass is 16.5. The van der Waals surface area contributed by atoms with Crippen LogP contribution in [0.1, 0.15) is 18.4 Å². The number of nitrogens with two attached hydrogens (primary N) is 1. The summed E-state index contributed by atoms with van der Waals surface area (Å²) in [6.07, 6.45) is 4.16. The Morgan fingerprint density at radius 2 is 2.06 bits per heavy atom. The van der Waals surface area contributed by atoms with Crippen LogP contribution in [0.4, 0.5) is 0 Å². The van der Waals surface area contributed by atoms with E-state index in [1.165, 1.54) is 5.52 Å². The molecule has 84 valence electrons. The fraction of sp³-hybridized carbons (Fsp3) is 0.385. The first kappa shape index (κ1) is 9.73. The van der Waals surface area contributed by atoms with Crippen molar-refractivity contribution in [3.8, 4) is 5.75 Å². The maximum absolute atomic E-state index is 6.26. The second-order valence-corrected chi connectivity index (χ2v) is 4.66. The van der Waals surface area contributed by atoms with E-state index in [2.05, 4.69) is 22.8 Å². The van der Waals surface area contributed by atoms with Crippen LogP contribution in [-0.4, -0.2) is 11.7 Å². The molecular formula is C13H16N2O. The van der Waals surface area contributed by atoms with Gasteiger partial charge in [0.1, 0.15) is 5.75 Å². The number of methoxy groups -OCH3 is 1. The van der Waals surface area contributed by atoms with Gasteiger partial charge in [0.25, 0.3) is 0 Å². The third-order valence-corrected chi connectivity index (χ3v) is 3.55. The quantitative estimate of drug-likeness (QED) is 0.835. The molecule has 3 nitrogen and oxygen atoms in total. The Labute approximate surface area is 94.8 Å². The second kappa shape index (κ2) is 3.01. The van der Waals surface area contributed by atoms with Crippen LogP contribution in [0.25, 0.3) is 10.9 Å². The first-order chi connectivity index (χ1) is 7.65. The molecule has 0 radical (unpaired) electrons. The molecule has 3 heteroatoms. The van der Waals surface area contributed by atoms with Crippen molar-refractivity contribution in [2.24, 2.45) is 12.8 Å². The monoisotopic (exact) mass is 216 g/mol. The molecule has 0 unspecified atom stereocenters. The average Bonchev–Trinajstić information content (AvgIpc) is 2.93. The topological polar surface area (TPSA) is 40.2 Å². The SMILES string of the molecule is COc1c(C2(N)CC2)ccc2c1ccn2C. The van der Waals surface area contributed by atoms with Crippen LogP contribution in [0.15, 0.2) is 24.4 Å². The molecule has 0 atom stereocenters. The minimum atomic E-state index is -0.143. The molecule has 3 rings (SSSR count). The molecule has 0 spiro atoms. The largest absolute Gasteiger partial charge is 0.496 e. The first-order valence-electron chi connectivity index (χ1n) is 5.57. The Hall–Kier alpha value is -1.48. The summed E-state index contributed by atoms with van der Waals surface area (Å²) in [5.74, 6) is 0.943.